The Morgan fingerprint density at radius 2 is 2.05 bits per heavy atom. The van der Waals surface area contributed by atoms with Crippen LogP contribution in [0.4, 0.5) is 0 Å². The summed E-state index contributed by atoms with van der Waals surface area (Å²) < 4.78 is 5.95. The standard InChI is InChI=1S/C16H30N2O/c1-12(2)16-11-13(7-10-19-16)18-9-4-6-15(18)14-5-3-8-17-14/h12-17H,3-11H2,1-2H3. The maximum Gasteiger partial charge on any atom is 0.0612 e. The average molecular weight is 266 g/mol. The van der Waals surface area contributed by atoms with Crippen molar-refractivity contribution in [2.24, 2.45) is 5.92 Å². The second-order valence-corrected chi connectivity index (χ2v) is 6.98. The van der Waals surface area contributed by atoms with Crippen LogP contribution in [-0.2, 0) is 4.74 Å². The first-order valence-corrected chi connectivity index (χ1v) is 8.36. The smallest absolute Gasteiger partial charge is 0.0612 e. The van der Waals surface area contributed by atoms with Gasteiger partial charge in [0.05, 0.1) is 6.10 Å². The van der Waals surface area contributed by atoms with E-state index in [9.17, 15) is 0 Å². The molecule has 1 N–H and O–H groups in total. The van der Waals surface area contributed by atoms with E-state index in [1.54, 1.807) is 0 Å². The molecule has 0 aliphatic carbocycles. The van der Waals surface area contributed by atoms with E-state index in [4.69, 9.17) is 4.74 Å². The van der Waals surface area contributed by atoms with Crippen LogP contribution in [0.5, 0.6) is 0 Å². The Bertz CT molecular complexity index is 288. The highest BCUT2D eigenvalue weighted by molar-refractivity contribution is 4.96. The quantitative estimate of drug-likeness (QED) is 0.849. The van der Waals surface area contributed by atoms with Crippen LogP contribution in [-0.4, -0.2) is 48.8 Å². The highest BCUT2D eigenvalue weighted by Crippen LogP contribution is 2.32. The average Bonchev–Trinajstić information content (AvgIpc) is 3.09. The molecule has 4 unspecified atom stereocenters. The van der Waals surface area contributed by atoms with Crippen LogP contribution in [0.3, 0.4) is 0 Å². The van der Waals surface area contributed by atoms with Gasteiger partial charge in [0, 0.05) is 24.7 Å². The summed E-state index contributed by atoms with van der Waals surface area (Å²) >= 11 is 0. The zero-order valence-electron chi connectivity index (χ0n) is 12.6. The summed E-state index contributed by atoms with van der Waals surface area (Å²) in [5.41, 5.74) is 0. The molecule has 3 saturated heterocycles. The Hall–Kier alpha value is -0.120. The summed E-state index contributed by atoms with van der Waals surface area (Å²) in [6, 6.07) is 2.34. The molecule has 3 heteroatoms. The van der Waals surface area contributed by atoms with Crippen LogP contribution in [0.1, 0.15) is 52.4 Å². The van der Waals surface area contributed by atoms with Crippen LogP contribution in [0.25, 0.3) is 0 Å². The van der Waals surface area contributed by atoms with Gasteiger partial charge in [0.25, 0.3) is 0 Å². The normalized spacial score (nSPS) is 41.2. The molecule has 3 fully saturated rings. The molecule has 4 atom stereocenters. The summed E-state index contributed by atoms with van der Waals surface area (Å²) in [5, 5.41) is 3.73. The van der Waals surface area contributed by atoms with Gasteiger partial charge in [-0.2, -0.15) is 0 Å². The molecular formula is C16H30N2O. The molecule has 0 spiro atoms. The summed E-state index contributed by atoms with van der Waals surface area (Å²) in [6.45, 7) is 8.12. The lowest BCUT2D eigenvalue weighted by atomic mass is 9.93. The predicted octanol–water partition coefficient (Wildman–Crippen LogP) is 2.41. The van der Waals surface area contributed by atoms with Crippen molar-refractivity contribution in [3.63, 3.8) is 0 Å². The number of hydrogen-bond donors (Lipinski definition) is 1. The van der Waals surface area contributed by atoms with Crippen molar-refractivity contribution < 1.29 is 4.74 Å². The van der Waals surface area contributed by atoms with Crippen LogP contribution in [0, 0.1) is 5.92 Å². The number of rotatable bonds is 3. The Labute approximate surface area is 118 Å². The van der Waals surface area contributed by atoms with Gasteiger partial charge in [0.15, 0.2) is 0 Å². The first-order chi connectivity index (χ1) is 9.25. The van der Waals surface area contributed by atoms with E-state index in [1.807, 2.05) is 0 Å². The Morgan fingerprint density at radius 3 is 2.79 bits per heavy atom. The van der Waals surface area contributed by atoms with Gasteiger partial charge < -0.3 is 10.1 Å². The molecule has 3 heterocycles. The van der Waals surface area contributed by atoms with E-state index in [0.717, 1.165) is 24.7 Å². The molecule has 0 aromatic carbocycles. The van der Waals surface area contributed by atoms with Gasteiger partial charge in [-0.05, 0) is 57.5 Å². The summed E-state index contributed by atoms with van der Waals surface area (Å²) in [5.74, 6) is 0.661. The fourth-order valence-electron chi connectivity index (χ4n) is 4.32. The minimum absolute atomic E-state index is 0.483. The van der Waals surface area contributed by atoms with Gasteiger partial charge in [-0.25, -0.2) is 0 Å². The molecule has 110 valence electrons. The van der Waals surface area contributed by atoms with Gasteiger partial charge in [0.1, 0.15) is 0 Å². The first-order valence-electron chi connectivity index (χ1n) is 8.36. The summed E-state index contributed by atoms with van der Waals surface area (Å²) in [4.78, 5) is 2.83. The van der Waals surface area contributed by atoms with Crippen molar-refractivity contribution in [1.82, 2.24) is 10.2 Å². The number of likely N-dealkylation sites (tertiary alicyclic amines) is 1. The zero-order valence-corrected chi connectivity index (χ0v) is 12.6. The summed E-state index contributed by atoms with van der Waals surface area (Å²) in [7, 11) is 0. The van der Waals surface area contributed by atoms with E-state index in [1.165, 1.54) is 51.6 Å². The minimum atomic E-state index is 0.483. The van der Waals surface area contributed by atoms with Crippen molar-refractivity contribution in [3.05, 3.63) is 0 Å². The summed E-state index contributed by atoms with van der Waals surface area (Å²) in [6.07, 6.45) is 8.54. The lowest BCUT2D eigenvalue weighted by Gasteiger charge is -2.41. The molecular weight excluding hydrogens is 236 g/mol. The Balaban J connectivity index is 1.63. The highest BCUT2D eigenvalue weighted by atomic mass is 16.5. The van der Waals surface area contributed by atoms with Crippen molar-refractivity contribution >= 4 is 0 Å². The highest BCUT2D eigenvalue weighted by Gasteiger charge is 2.39. The van der Waals surface area contributed by atoms with E-state index >= 15 is 0 Å². The number of nitrogens with zero attached hydrogens (tertiary/aromatic N) is 1. The lowest BCUT2D eigenvalue weighted by molar-refractivity contribution is -0.0524. The van der Waals surface area contributed by atoms with Crippen molar-refractivity contribution in [1.29, 1.82) is 0 Å². The largest absolute Gasteiger partial charge is 0.378 e. The fraction of sp³-hybridized carbons (Fsp3) is 1.00. The van der Waals surface area contributed by atoms with Crippen LogP contribution in [0.2, 0.25) is 0 Å². The third kappa shape index (κ3) is 2.98. The van der Waals surface area contributed by atoms with Gasteiger partial charge in [-0.3, -0.25) is 4.90 Å². The van der Waals surface area contributed by atoms with Gasteiger partial charge in [-0.1, -0.05) is 13.8 Å². The van der Waals surface area contributed by atoms with E-state index in [0.29, 0.717) is 12.0 Å². The SMILES string of the molecule is CC(C)C1CC(N2CCCC2C2CCCN2)CCO1. The third-order valence-electron chi connectivity index (χ3n) is 5.41. The molecule has 3 aliphatic heterocycles. The fourth-order valence-corrected chi connectivity index (χ4v) is 4.32. The minimum Gasteiger partial charge on any atom is -0.378 e. The predicted molar refractivity (Wildman–Crippen MR) is 78.4 cm³/mol. The number of hydrogen-bond acceptors (Lipinski definition) is 3. The second kappa shape index (κ2) is 6.11. The lowest BCUT2D eigenvalue weighted by Crippen LogP contribution is -2.51. The van der Waals surface area contributed by atoms with Crippen LogP contribution in [0.15, 0.2) is 0 Å². The number of nitrogens with one attached hydrogen (secondary N) is 1. The molecule has 19 heavy (non-hydrogen) atoms. The van der Waals surface area contributed by atoms with Gasteiger partial charge >= 0.3 is 0 Å². The third-order valence-corrected chi connectivity index (χ3v) is 5.41. The molecule has 0 saturated carbocycles. The van der Waals surface area contributed by atoms with Crippen LogP contribution >= 0.6 is 0 Å². The molecule has 3 nitrogen and oxygen atoms in total. The molecule has 0 aromatic rings. The zero-order chi connectivity index (χ0) is 13.2. The Kier molecular flexibility index (Phi) is 4.45. The van der Waals surface area contributed by atoms with E-state index < -0.39 is 0 Å². The van der Waals surface area contributed by atoms with Crippen molar-refractivity contribution in [3.8, 4) is 0 Å². The van der Waals surface area contributed by atoms with Crippen molar-refractivity contribution in [2.45, 2.75) is 76.6 Å². The molecule has 0 radical (unpaired) electrons. The van der Waals surface area contributed by atoms with Gasteiger partial charge in [-0.15, -0.1) is 0 Å². The molecule has 3 rings (SSSR count). The molecule has 3 aliphatic rings. The molecule has 0 amide bonds. The molecule has 0 aromatic heterocycles. The van der Waals surface area contributed by atoms with Gasteiger partial charge in [0.2, 0.25) is 0 Å². The number of ether oxygens (including phenoxy) is 1. The van der Waals surface area contributed by atoms with Crippen LogP contribution < -0.4 is 5.32 Å². The van der Waals surface area contributed by atoms with Crippen molar-refractivity contribution in [2.75, 3.05) is 19.7 Å². The Morgan fingerprint density at radius 1 is 1.16 bits per heavy atom. The maximum atomic E-state index is 5.95. The monoisotopic (exact) mass is 266 g/mol. The van der Waals surface area contributed by atoms with E-state index in [2.05, 4.69) is 24.1 Å². The maximum absolute atomic E-state index is 5.95. The topological polar surface area (TPSA) is 24.5 Å². The second-order valence-electron chi connectivity index (χ2n) is 6.98. The van der Waals surface area contributed by atoms with E-state index in [-0.39, 0.29) is 0 Å². The first kappa shape index (κ1) is 13.8. The molecule has 0 bridgehead atoms.